The Hall–Kier alpha value is -3.25. The van der Waals surface area contributed by atoms with Crippen LogP contribution in [-0.2, 0) is 0 Å². The average molecular weight is 400 g/mol. The van der Waals surface area contributed by atoms with Crippen molar-refractivity contribution in [3.05, 3.63) is 94.5 Å². The van der Waals surface area contributed by atoms with Crippen molar-refractivity contribution in [3.63, 3.8) is 0 Å². The molecule has 4 nitrogen and oxygen atoms in total. The fourth-order valence-corrected chi connectivity index (χ4v) is 2.74. The molecule has 1 N–H and O–H groups in total. The lowest BCUT2D eigenvalue weighted by Crippen LogP contribution is -2.18. The minimum Gasteiger partial charge on any atom is -0.345 e. The Morgan fingerprint density at radius 3 is 2.29 bits per heavy atom. The normalized spacial score (nSPS) is 10.9. The summed E-state index contributed by atoms with van der Waals surface area (Å²) in [5, 5.41) is 3.64. The van der Waals surface area contributed by atoms with Crippen LogP contribution in [0.1, 0.15) is 15.9 Å². The molecule has 3 aromatic rings. The van der Waals surface area contributed by atoms with Crippen molar-refractivity contribution in [1.82, 2.24) is 5.43 Å². The van der Waals surface area contributed by atoms with E-state index in [0.717, 1.165) is 29.1 Å². The molecule has 0 atom stereocenters. The summed E-state index contributed by atoms with van der Waals surface area (Å²) >= 11 is 5.77. The first-order chi connectivity index (χ1) is 13.5. The van der Waals surface area contributed by atoms with Gasteiger partial charge in [-0.1, -0.05) is 41.9 Å². The molecule has 1 amide bonds. The zero-order valence-electron chi connectivity index (χ0n) is 14.9. The smallest absolute Gasteiger partial charge is 0.272 e. The average Bonchev–Trinajstić information content (AvgIpc) is 2.71. The van der Waals surface area contributed by atoms with Gasteiger partial charge in [-0.25, -0.2) is 14.2 Å². The molecule has 0 bridgehead atoms. The van der Waals surface area contributed by atoms with Crippen LogP contribution in [0.3, 0.4) is 0 Å². The van der Waals surface area contributed by atoms with E-state index in [0.29, 0.717) is 0 Å². The first-order valence-electron chi connectivity index (χ1n) is 8.32. The summed E-state index contributed by atoms with van der Waals surface area (Å²) in [6.45, 7) is 0. The molecule has 0 heterocycles. The highest BCUT2D eigenvalue weighted by Gasteiger charge is 2.14. The van der Waals surface area contributed by atoms with Crippen LogP contribution >= 0.6 is 11.6 Å². The van der Waals surface area contributed by atoms with Crippen LogP contribution in [0.4, 0.5) is 20.2 Å². The summed E-state index contributed by atoms with van der Waals surface area (Å²) in [6, 6.07) is 18.9. The maximum atomic E-state index is 13.3. The molecule has 0 saturated heterocycles. The molecule has 7 heteroatoms. The van der Waals surface area contributed by atoms with Gasteiger partial charge in [0.25, 0.3) is 5.91 Å². The van der Waals surface area contributed by atoms with Crippen LogP contribution in [0.5, 0.6) is 0 Å². The molecule has 0 spiro atoms. The number of halogens is 3. The molecule has 0 radical (unpaired) electrons. The molecule has 0 unspecified atom stereocenters. The highest BCUT2D eigenvalue weighted by molar-refractivity contribution is 6.33. The maximum absolute atomic E-state index is 13.3. The fraction of sp³-hybridized carbons (Fsp3) is 0.0476. The monoisotopic (exact) mass is 399 g/mol. The quantitative estimate of drug-likeness (QED) is 0.366. The molecular weight excluding hydrogens is 384 g/mol. The van der Waals surface area contributed by atoms with E-state index in [4.69, 9.17) is 11.6 Å². The summed E-state index contributed by atoms with van der Waals surface area (Å²) in [5.41, 5.74) is 4.84. The molecule has 142 valence electrons. The Balaban J connectivity index is 1.65. The SMILES string of the molecule is CN(c1ccccc1)c1ccc(/C=N\NC(=O)c2cc(F)c(F)cc2Cl)cc1. The third-order valence-corrected chi connectivity index (χ3v) is 4.37. The van der Waals surface area contributed by atoms with Gasteiger partial charge >= 0.3 is 0 Å². The minimum atomic E-state index is -1.16. The van der Waals surface area contributed by atoms with Crippen LogP contribution in [-0.4, -0.2) is 19.2 Å². The molecule has 3 rings (SSSR count). The van der Waals surface area contributed by atoms with Gasteiger partial charge in [0.15, 0.2) is 11.6 Å². The third-order valence-electron chi connectivity index (χ3n) is 4.06. The maximum Gasteiger partial charge on any atom is 0.272 e. The summed E-state index contributed by atoms with van der Waals surface area (Å²) < 4.78 is 26.3. The molecule has 0 fully saturated rings. The van der Waals surface area contributed by atoms with Crippen LogP contribution in [0, 0.1) is 11.6 Å². The van der Waals surface area contributed by atoms with Crippen molar-refractivity contribution in [2.45, 2.75) is 0 Å². The summed E-state index contributed by atoms with van der Waals surface area (Å²) in [4.78, 5) is 14.0. The number of anilines is 2. The molecular formula is C21H16ClF2N3O. The number of carbonyl (C=O) groups excluding carboxylic acids is 1. The summed E-state index contributed by atoms with van der Waals surface area (Å²) in [7, 11) is 1.96. The summed E-state index contributed by atoms with van der Waals surface area (Å²) in [5.74, 6) is -3.01. The van der Waals surface area contributed by atoms with Crippen molar-refractivity contribution >= 4 is 35.1 Å². The van der Waals surface area contributed by atoms with E-state index in [9.17, 15) is 13.6 Å². The Labute approximate surface area is 166 Å². The van der Waals surface area contributed by atoms with Crippen molar-refractivity contribution in [2.24, 2.45) is 5.10 Å². The lowest BCUT2D eigenvalue weighted by atomic mass is 10.2. The second kappa shape index (κ2) is 8.63. The number of hydrogen-bond donors (Lipinski definition) is 1. The number of hydrogen-bond acceptors (Lipinski definition) is 3. The molecule has 28 heavy (non-hydrogen) atoms. The number of carbonyl (C=O) groups is 1. The predicted octanol–water partition coefficient (Wildman–Crippen LogP) is 5.15. The molecule has 0 aliphatic heterocycles. The van der Waals surface area contributed by atoms with E-state index in [-0.39, 0.29) is 10.6 Å². The number of nitrogens with one attached hydrogen (secondary N) is 1. The van der Waals surface area contributed by atoms with Gasteiger partial charge in [-0.2, -0.15) is 5.10 Å². The van der Waals surface area contributed by atoms with Gasteiger partial charge in [0.05, 0.1) is 16.8 Å². The van der Waals surface area contributed by atoms with Crippen LogP contribution < -0.4 is 10.3 Å². The van der Waals surface area contributed by atoms with Gasteiger partial charge in [0.2, 0.25) is 0 Å². The minimum absolute atomic E-state index is 0.195. The van der Waals surface area contributed by atoms with Gasteiger partial charge in [-0.05, 0) is 42.0 Å². The highest BCUT2D eigenvalue weighted by atomic mass is 35.5. The number of rotatable bonds is 5. The zero-order chi connectivity index (χ0) is 20.1. The molecule has 0 aliphatic rings. The number of amides is 1. The van der Waals surface area contributed by atoms with Crippen LogP contribution in [0.2, 0.25) is 5.02 Å². The van der Waals surface area contributed by atoms with Crippen LogP contribution in [0.15, 0.2) is 71.8 Å². The first kappa shape index (κ1) is 19.5. The van der Waals surface area contributed by atoms with Gasteiger partial charge in [-0.3, -0.25) is 4.79 Å². The standard InChI is InChI=1S/C21H16ClF2N3O/c1-27(15-5-3-2-4-6-15)16-9-7-14(8-10-16)13-25-26-21(28)17-11-19(23)20(24)12-18(17)22/h2-13H,1H3,(H,26,28)/b25-13-. The van der Waals surface area contributed by atoms with E-state index in [1.807, 2.05) is 66.5 Å². The highest BCUT2D eigenvalue weighted by Crippen LogP contribution is 2.23. The van der Waals surface area contributed by atoms with Crippen molar-refractivity contribution in [1.29, 1.82) is 0 Å². The second-order valence-corrected chi connectivity index (χ2v) is 6.34. The zero-order valence-corrected chi connectivity index (χ0v) is 15.6. The van der Waals surface area contributed by atoms with Crippen molar-refractivity contribution < 1.29 is 13.6 Å². The Morgan fingerprint density at radius 1 is 1.00 bits per heavy atom. The number of nitrogens with zero attached hydrogens (tertiary/aromatic N) is 2. The van der Waals surface area contributed by atoms with E-state index in [2.05, 4.69) is 10.5 Å². The van der Waals surface area contributed by atoms with Crippen molar-refractivity contribution in [2.75, 3.05) is 11.9 Å². The second-order valence-electron chi connectivity index (χ2n) is 5.93. The molecule has 3 aromatic carbocycles. The van der Waals surface area contributed by atoms with E-state index >= 15 is 0 Å². The van der Waals surface area contributed by atoms with Gasteiger partial charge in [0, 0.05) is 18.4 Å². The first-order valence-corrected chi connectivity index (χ1v) is 8.70. The van der Waals surface area contributed by atoms with Gasteiger partial charge in [-0.15, -0.1) is 0 Å². The Morgan fingerprint density at radius 2 is 1.61 bits per heavy atom. The van der Waals surface area contributed by atoms with E-state index < -0.39 is 17.5 Å². The van der Waals surface area contributed by atoms with Crippen molar-refractivity contribution in [3.8, 4) is 0 Å². The van der Waals surface area contributed by atoms with E-state index in [1.54, 1.807) is 0 Å². The Bertz CT molecular complexity index is 1010. The Kier molecular flexibility index (Phi) is 6.01. The van der Waals surface area contributed by atoms with Crippen LogP contribution in [0.25, 0.3) is 0 Å². The largest absolute Gasteiger partial charge is 0.345 e. The lowest BCUT2D eigenvalue weighted by molar-refractivity contribution is 0.0954. The third kappa shape index (κ3) is 4.53. The molecule has 0 aliphatic carbocycles. The molecule has 0 saturated carbocycles. The predicted molar refractivity (Wildman–Crippen MR) is 107 cm³/mol. The van der Waals surface area contributed by atoms with Gasteiger partial charge in [0.1, 0.15) is 0 Å². The number of benzene rings is 3. The number of para-hydroxylation sites is 1. The molecule has 0 aromatic heterocycles. The fourth-order valence-electron chi connectivity index (χ4n) is 2.51. The van der Waals surface area contributed by atoms with Gasteiger partial charge < -0.3 is 4.90 Å². The topological polar surface area (TPSA) is 44.7 Å². The van der Waals surface area contributed by atoms with E-state index in [1.165, 1.54) is 6.21 Å². The number of hydrazone groups is 1. The summed E-state index contributed by atoms with van der Waals surface area (Å²) in [6.07, 6.45) is 1.44. The lowest BCUT2D eigenvalue weighted by Gasteiger charge is -2.19.